The first kappa shape index (κ1) is 16.7. The SMILES string of the molecule is Cc1cc(NCCCc2ccccc2)nc(N2CCCC(C)C2)n1. The molecular weight excluding hydrogens is 296 g/mol. The van der Waals surface area contributed by atoms with Crippen LogP contribution < -0.4 is 10.2 Å². The molecule has 1 atom stereocenters. The number of nitrogens with one attached hydrogen (secondary N) is 1. The number of aryl methyl sites for hydroxylation is 2. The molecule has 1 aliphatic rings. The summed E-state index contributed by atoms with van der Waals surface area (Å²) in [4.78, 5) is 11.7. The fourth-order valence-electron chi connectivity index (χ4n) is 3.31. The van der Waals surface area contributed by atoms with Gasteiger partial charge in [0.15, 0.2) is 0 Å². The van der Waals surface area contributed by atoms with Gasteiger partial charge in [-0.2, -0.15) is 4.98 Å². The van der Waals surface area contributed by atoms with Gasteiger partial charge in [0.25, 0.3) is 0 Å². The minimum atomic E-state index is 0.727. The highest BCUT2D eigenvalue weighted by atomic mass is 15.3. The standard InChI is InChI=1S/C20H28N4/c1-16-8-7-13-24(15-16)20-22-17(2)14-19(23-20)21-12-6-11-18-9-4-3-5-10-18/h3-5,9-10,14,16H,6-8,11-13,15H2,1-2H3,(H,21,22,23). The molecule has 0 spiro atoms. The van der Waals surface area contributed by atoms with Crippen molar-refractivity contribution in [2.75, 3.05) is 29.9 Å². The number of aromatic nitrogens is 2. The maximum Gasteiger partial charge on any atom is 0.227 e. The Morgan fingerprint density at radius 3 is 2.83 bits per heavy atom. The first-order chi connectivity index (χ1) is 11.7. The fourth-order valence-corrected chi connectivity index (χ4v) is 3.31. The monoisotopic (exact) mass is 324 g/mol. The van der Waals surface area contributed by atoms with Crippen molar-refractivity contribution in [2.24, 2.45) is 5.92 Å². The molecule has 1 aliphatic heterocycles. The van der Waals surface area contributed by atoms with Crippen molar-refractivity contribution in [3.8, 4) is 0 Å². The van der Waals surface area contributed by atoms with E-state index in [0.29, 0.717) is 0 Å². The van der Waals surface area contributed by atoms with E-state index in [1.54, 1.807) is 0 Å². The summed E-state index contributed by atoms with van der Waals surface area (Å²) in [6, 6.07) is 12.7. The van der Waals surface area contributed by atoms with E-state index in [4.69, 9.17) is 4.98 Å². The first-order valence-corrected chi connectivity index (χ1v) is 9.09. The Balaban J connectivity index is 1.55. The van der Waals surface area contributed by atoms with Crippen LogP contribution in [0, 0.1) is 12.8 Å². The van der Waals surface area contributed by atoms with E-state index in [1.807, 2.05) is 13.0 Å². The van der Waals surface area contributed by atoms with Crippen molar-refractivity contribution in [2.45, 2.75) is 39.5 Å². The van der Waals surface area contributed by atoms with E-state index in [-0.39, 0.29) is 0 Å². The lowest BCUT2D eigenvalue weighted by atomic mass is 10.0. The molecule has 3 rings (SSSR count). The van der Waals surface area contributed by atoms with Gasteiger partial charge in [-0.1, -0.05) is 37.3 Å². The van der Waals surface area contributed by atoms with Gasteiger partial charge in [-0.05, 0) is 44.1 Å². The summed E-state index contributed by atoms with van der Waals surface area (Å²) in [5, 5.41) is 3.47. The summed E-state index contributed by atoms with van der Waals surface area (Å²) in [6.45, 7) is 7.43. The second-order valence-electron chi connectivity index (χ2n) is 6.90. The molecule has 2 aromatic rings. The Labute approximate surface area is 145 Å². The average Bonchev–Trinajstić information content (AvgIpc) is 2.59. The van der Waals surface area contributed by atoms with Crippen LogP contribution in [0.1, 0.15) is 37.4 Å². The van der Waals surface area contributed by atoms with E-state index in [1.165, 1.54) is 18.4 Å². The smallest absolute Gasteiger partial charge is 0.227 e. The molecule has 1 saturated heterocycles. The van der Waals surface area contributed by atoms with Crippen molar-refractivity contribution in [1.29, 1.82) is 0 Å². The summed E-state index contributed by atoms with van der Waals surface area (Å²) in [7, 11) is 0. The molecule has 0 radical (unpaired) electrons. The van der Waals surface area contributed by atoms with Crippen LogP contribution in [0.4, 0.5) is 11.8 Å². The lowest BCUT2D eigenvalue weighted by Crippen LogP contribution is -2.35. The number of rotatable bonds is 6. The quantitative estimate of drug-likeness (QED) is 0.813. The molecule has 24 heavy (non-hydrogen) atoms. The summed E-state index contributed by atoms with van der Waals surface area (Å²) >= 11 is 0. The van der Waals surface area contributed by atoms with E-state index < -0.39 is 0 Å². The van der Waals surface area contributed by atoms with Gasteiger partial charge in [0.1, 0.15) is 5.82 Å². The van der Waals surface area contributed by atoms with Crippen LogP contribution in [0.3, 0.4) is 0 Å². The molecule has 2 heterocycles. The molecule has 0 bridgehead atoms. The topological polar surface area (TPSA) is 41.1 Å². The molecule has 128 valence electrons. The minimum Gasteiger partial charge on any atom is -0.370 e. The van der Waals surface area contributed by atoms with Crippen LogP contribution >= 0.6 is 0 Å². The third-order valence-electron chi connectivity index (χ3n) is 4.57. The van der Waals surface area contributed by atoms with Gasteiger partial charge in [0.2, 0.25) is 5.95 Å². The lowest BCUT2D eigenvalue weighted by molar-refractivity contribution is 0.442. The van der Waals surface area contributed by atoms with E-state index in [2.05, 4.69) is 52.5 Å². The highest BCUT2D eigenvalue weighted by Gasteiger charge is 2.19. The van der Waals surface area contributed by atoms with Crippen LogP contribution in [0.15, 0.2) is 36.4 Å². The van der Waals surface area contributed by atoms with Crippen molar-refractivity contribution < 1.29 is 0 Å². The zero-order valence-electron chi connectivity index (χ0n) is 14.8. The zero-order valence-corrected chi connectivity index (χ0v) is 14.8. The van der Waals surface area contributed by atoms with Crippen molar-refractivity contribution >= 4 is 11.8 Å². The Hall–Kier alpha value is -2.10. The summed E-state index contributed by atoms with van der Waals surface area (Å²) in [6.07, 6.45) is 4.74. The third-order valence-corrected chi connectivity index (χ3v) is 4.57. The van der Waals surface area contributed by atoms with Gasteiger partial charge >= 0.3 is 0 Å². The first-order valence-electron chi connectivity index (χ1n) is 9.09. The summed E-state index contributed by atoms with van der Waals surface area (Å²) in [5.74, 6) is 2.56. The average molecular weight is 324 g/mol. The predicted octanol–water partition coefficient (Wildman–Crippen LogP) is 4.07. The highest BCUT2D eigenvalue weighted by molar-refractivity contribution is 5.44. The normalized spacial score (nSPS) is 17.8. The number of anilines is 2. The number of benzene rings is 1. The molecule has 4 nitrogen and oxygen atoms in total. The van der Waals surface area contributed by atoms with Gasteiger partial charge in [0.05, 0.1) is 0 Å². The van der Waals surface area contributed by atoms with Gasteiger partial charge in [-0.3, -0.25) is 0 Å². The van der Waals surface area contributed by atoms with E-state index in [0.717, 1.165) is 55.9 Å². The van der Waals surface area contributed by atoms with Crippen LogP contribution in [0.2, 0.25) is 0 Å². The minimum absolute atomic E-state index is 0.727. The molecule has 1 fully saturated rings. The van der Waals surface area contributed by atoms with E-state index >= 15 is 0 Å². The third kappa shape index (κ3) is 4.70. The van der Waals surface area contributed by atoms with Crippen LogP contribution in [-0.2, 0) is 6.42 Å². The molecule has 1 N–H and O–H groups in total. The van der Waals surface area contributed by atoms with Gasteiger partial charge in [-0.15, -0.1) is 0 Å². The van der Waals surface area contributed by atoms with Crippen molar-refractivity contribution in [3.63, 3.8) is 0 Å². The molecule has 0 amide bonds. The Morgan fingerprint density at radius 1 is 1.21 bits per heavy atom. The molecular formula is C20H28N4. The fraction of sp³-hybridized carbons (Fsp3) is 0.500. The lowest BCUT2D eigenvalue weighted by Gasteiger charge is -2.31. The maximum atomic E-state index is 4.74. The number of nitrogens with zero attached hydrogens (tertiary/aromatic N) is 3. The Kier molecular flexibility index (Phi) is 5.68. The van der Waals surface area contributed by atoms with Crippen LogP contribution in [0.25, 0.3) is 0 Å². The second kappa shape index (κ2) is 8.13. The Bertz CT molecular complexity index is 641. The van der Waals surface area contributed by atoms with Gasteiger partial charge < -0.3 is 10.2 Å². The zero-order chi connectivity index (χ0) is 16.8. The predicted molar refractivity (Wildman–Crippen MR) is 101 cm³/mol. The molecule has 1 unspecified atom stereocenters. The Morgan fingerprint density at radius 2 is 2.04 bits per heavy atom. The highest BCUT2D eigenvalue weighted by Crippen LogP contribution is 2.21. The second-order valence-corrected chi connectivity index (χ2v) is 6.90. The van der Waals surface area contributed by atoms with Crippen LogP contribution in [0.5, 0.6) is 0 Å². The summed E-state index contributed by atoms with van der Waals surface area (Å²) in [5.41, 5.74) is 2.42. The van der Waals surface area contributed by atoms with Crippen molar-refractivity contribution in [3.05, 3.63) is 47.7 Å². The van der Waals surface area contributed by atoms with Crippen LogP contribution in [-0.4, -0.2) is 29.6 Å². The molecule has 0 aliphatic carbocycles. The number of hydrogen-bond acceptors (Lipinski definition) is 4. The summed E-state index contributed by atoms with van der Waals surface area (Å²) < 4.78 is 0. The maximum absolute atomic E-state index is 4.74. The largest absolute Gasteiger partial charge is 0.370 e. The molecule has 4 heteroatoms. The van der Waals surface area contributed by atoms with E-state index in [9.17, 15) is 0 Å². The molecule has 0 saturated carbocycles. The number of piperidine rings is 1. The van der Waals surface area contributed by atoms with Gasteiger partial charge in [-0.25, -0.2) is 4.98 Å². The molecule has 1 aromatic carbocycles. The molecule has 1 aromatic heterocycles. The van der Waals surface area contributed by atoms with Crippen molar-refractivity contribution in [1.82, 2.24) is 9.97 Å². The van der Waals surface area contributed by atoms with Gasteiger partial charge in [0, 0.05) is 31.4 Å². The number of hydrogen-bond donors (Lipinski definition) is 1.